The molecule has 0 amide bonds. The van der Waals surface area contributed by atoms with Crippen molar-refractivity contribution in [3.8, 4) is 0 Å². The topological polar surface area (TPSA) is 30.7 Å². The van der Waals surface area contributed by atoms with Crippen LogP contribution < -0.4 is 0 Å². The number of hydrogen-bond acceptors (Lipinski definition) is 2. The van der Waals surface area contributed by atoms with Crippen molar-refractivity contribution >= 4 is 42.9 Å². The lowest BCUT2D eigenvalue weighted by molar-refractivity contribution is 0.495. The summed E-state index contributed by atoms with van der Waals surface area (Å²) in [6.45, 7) is 2.79. The number of unbranched alkanes of at least 4 members (excludes halogenated alkanes) is 3. The molecule has 1 heterocycles. The van der Waals surface area contributed by atoms with Gasteiger partial charge in [-0.05, 0) is 38.3 Å². The molecule has 0 saturated heterocycles. The van der Waals surface area contributed by atoms with E-state index in [9.17, 15) is 8.78 Å². The van der Waals surface area contributed by atoms with Gasteiger partial charge in [-0.15, -0.1) is 0 Å². The minimum Gasteiger partial charge on any atom is -0.202 e. The third-order valence-corrected chi connectivity index (χ3v) is 4.31. The first-order chi connectivity index (χ1) is 9.06. The molecular formula is C12H13Br2F2N3. The molecule has 0 aliphatic carbocycles. The van der Waals surface area contributed by atoms with E-state index in [0.717, 1.165) is 25.7 Å². The van der Waals surface area contributed by atoms with Crippen LogP contribution in [-0.2, 0) is 6.54 Å². The summed E-state index contributed by atoms with van der Waals surface area (Å²) in [5.41, 5.74) is 0.669. The van der Waals surface area contributed by atoms with Crippen LogP contribution >= 0.6 is 31.9 Å². The predicted molar refractivity (Wildman–Crippen MR) is 77.0 cm³/mol. The molecule has 0 fully saturated rings. The van der Waals surface area contributed by atoms with Crippen LogP contribution in [0.15, 0.2) is 8.95 Å². The number of fused-ring (bicyclic) bond motifs is 1. The average Bonchev–Trinajstić information content (AvgIpc) is 2.83. The molecule has 0 bridgehead atoms. The summed E-state index contributed by atoms with van der Waals surface area (Å²) in [6.07, 6.45) is 4.37. The number of halogens is 4. The molecule has 0 atom stereocenters. The number of benzene rings is 1. The van der Waals surface area contributed by atoms with Crippen LogP contribution in [0, 0.1) is 11.6 Å². The van der Waals surface area contributed by atoms with Gasteiger partial charge >= 0.3 is 0 Å². The lowest BCUT2D eigenvalue weighted by Gasteiger charge is -1.99. The van der Waals surface area contributed by atoms with E-state index in [0.29, 0.717) is 17.6 Å². The van der Waals surface area contributed by atoms with Crippen LogP contribution in [0.2, 0.25) is 0 Å². The maximum Gasteiger partial charge on any atom is 0.176 e. The first-order valence-corrected chi connectivity index (χ1v) is 7.71. The van der Waals surface area contributed by atoms with Gasteiger partial charge < -0.3 is 0 Å². The molecule has 19 heavy (non-hydrogen) atoms. The Morgan fingerprint density at radius 3 is 1.95 bits per heavy atom. The molecule has 0 aliphatic heterocycles. The van der Waals surface area contributed by atoms with Gasteiger partial charge in [-0.3, -0.25) is 0 Å². The summed E-state index contributed by atoms with van der Waals surface area (Å²) in [7, 11) is 0. The van der Waals surface area contributed by atoms with Gasteiger partial charge in [0, 0.05) is 0 Å². The zero-order valence-electron chi connectivity index (χ0n) is 10.4. The van der Waals surface area contributed by atoms with Crippen LogP contribution in [0.3, 0.4) is 0 Å². The second-order valence-electron chi connectivity index (χ2n) is 4.31. The molecule has 2 aromatic rings. The highest BCUT2D eigenvalue weighted by atomic mass is 79.9. The second-order valence-corrected chi connectivity index (χ2v) is 5.90. The van der Waals surface area contributed by atoms with E-state index >= 15 is 0 Å². The van der Waals surface area contributed by atoms with E-state index < -0.39 is 11.6 Å². The molecule has 0 aliphatic rings. The van der Waals surface area contributed by atoms with Crippen molar-refractivity contribution in [2.24, 2.45) is 0 Å². The van der Waals surface area contributed by atoms with E-state index in [1.54, 1.807) is 0 Å². The molecule has 1 aromatic carbocycles. The van der Waals surface area contributed by atoms with Crippen LogP contribution in [-0.4, -0.2) is 15.0 Å². The Bertz CT molecular complexity index is 553. The zero-order chi connectivity index (χ0) is 14.0. The first-order valence-electron chi connectivity index (χ1n) is 6.13. The van der Waals surface area contributed by atoms with Crippen molar-refractivity contribution in [2.45, 2.75) is 39.2 Å². The van der Waals surface area contributed by atoms with Crippen LogP contribution in [0.25, 0.3) is 11.0 Å². The van der Waals surface area contributed by atoms with Gasteiger partial charge in [-0.2, -0.15) is 15.0 Å². The van der Waals surface area contributed by atoms with Gasteiger partial charge in [0.05, 0.1) is 15.5 Å². The van der Waals surface area contributed by atoms with Crippen molar-refractivity contribution < 1.29 is 8.78 Å². The summed E-state index contributed by atoms with van der Waals surface area (Å²) >= 11 is 6.04. The highest BCUT2D eigenvalue weighted by Crippen LogP contribution is 2.33. The fourth-order valence-corrected chi connectivity index (χ4v) is 2.71. The minimum atomic E-state index is -0.947. The largest absolute Gasteiger partial charge is 0.202 e. The van der Waals surface area contributed by atoms with E-state index in [1.165, 1.54) is 4.80 Å². The summed E-state index contributed by atoms with van der Waals surface area (Å²) in [5, 5.41) is 8.39. The third kappa shape index (κ3) is 2.97. The van der Waals surface area contributed by atoms with E-state index in [-0.39, 0.29) is 8.95 Å². The molecular weight excluding hydrogens is 384 g/mol. The number of aromatic nitrogens is 3. The lowest BCUT2D eigenvalue weighted by Crippen LogP contribution is -2.01. The molecule has 104 valence electrons. The van der Waals surface area contributed by atoms with Gasteiger partial charge in [0.15, 0.2) is 11.6 Å². The molecule has 0 saturated carbocycles. The molecule has 7 heteroatoms. The van der Waals surface area contributed by atoms with Crippen molar-refractivity contribution in [1.29, 1.82) is 0 Å². The molecule has 0 unspecified atom stereocenters. The van der Waals surface area contributed by atoms with E-state index in [4.69, 9.17) is 0 Å². The molecule has 3 nitrogen and oxygen atoms in total. The van der Waals surface area contributed by atoms with Gasteiger partial charge in [-0.25, -0.2) is 8.78 Å². The number of aryl methyl sites for hydroxylation is 1. The van der Waals surface area contributed by atoms with Gasteiger partial charge in [0.2, 0.25) is 0 Å². The molecule has 0 spiro atoms. The van der Waals surface area contributed by atoms with Crippen LogP contribution in [0.1, 0.15) is 32.6 Å². The minimum absolute atomic E-state index is 0.0167. The fraction of sp³-hybridized carbons (Fsp3) is 0.500. The van der Waals surface area contributed by atoms with Crippen LogP contribution in [0.4, 0.5) is 8.78 Å². The van der Waals surface area contributed by atoms with E-state index in [1.807, 2.05) is 0 Å². The predicted octanol–water partition coefficient (Wildman–Crippen LogP) is 4.81. The third-order valence-electron chi connectivity index (χ3n) is 2.86. The molecule has 0 N–H and O–H groups in total. The fourth-order valence-electron chi connectivity index (χ4n) is 1.82. The van der Waals surface area contributed by atoms with Crippen LogP contribution in [0.5, 0.6) is 0 Å². The Kier molecular flexibility index (Phi) is 4.89. The number of hydrogen-bond donors (Lipinski definition) is 0. The van der Waals surface area contributed by atoms with Crippen molar-refractivity contribution in [1.82, 2.24) is 15.0 Å². The highest BCUT2D eigenvalue weighted by Gasteiger charge is 2.20. The number of nitrogens with zero attached hydrogens (tertiary/aromatic N) is 3. The monoisotopic (exact) mass is 395 g/mol. The average molecular weight is 397 g/mol. The van der Waals surface area contributed by atoms with Crippen molar-refractivity contribution in [3.05, 3.63) is 20.6 Å². The Labute approximate surface area is 126 Å². The maximum atomic E-state index is 13.6. The Balaban J connectivity index is 2.30. The standard InChI is InChI=1S/C12H13Br2F2N3/c1-2-3-4-5-6-19-17-11-7(13)9(15)10(16)8(14)12(11)18-19/h2-6H2,1H3. The Hall–Kier alpha value is -0.560. The quantitative estimate of drug-likeness (QED) is 0.412. The highest BCUT2D eigenvalue weighted by molar-refractivity contribution is 9.11. The molecule has 2 rings (SSSR count). The molecule has 1 aromatic heterocycles. The normalized spacial score (nSPS) is 11.4. The smallest absolute Gasteiger partial charge is 0.176 e. The first kappa shape index (κ1) is 14.8. The Morgan fingerprint density at radius 1 is 0.947 bits per heavy atom. The van der Waals surface area contributed by atoms with Crippen molar-refractivity contribution in [2.75, 3.05) is 0 Å². The zero-order valence-corrected chi connectivity index (χ0v) is 13.6. The van der Waals surface area contributed by atoms with E-state index in [2.05, 4.69) is 49.0 Å². The maximum absolute atomic E-state index is 13.6. The molecule has 0 radical (unpaired) electrons. The number of rotatable bonds is 5. The van der Waals surface area contributed by atoms with Gasteiger partial charge in [0.1, 0.15) is 11.0 Å². The van der Waals surface area contributed by atoms with Gasteiger partial charge in [0.25, 0.3) is 0 Å². The summed E-state index contributed by atoms with van der Waals surface area (Å²) < 4.78 is 27.1. The Morgan fingerprint density at radius 2 is 1.47 bits per heavy atom. The SMILES string of the molecule is CCCCCCn1nc2c(Br)c(F)c(F)c(Br)c2n1. The summed E-state index contributed by atoms with van der Waals surface area (Å²) in [4.78, 5) is 1.49. The van der Waals surface area contributed by atoms with Crippen molar-refractivity contribution in [3.63, 3.8) is 0 Å². The van der Waals surface area contributed by atoms with Gasteiger partial charge in [-0.1, -0.05) is 26.2 Å². The summed E-state index contributed by atoms with van der Waals surface area (Å²) in [5.74, 6) is -1.89. The summed E-state index contributed by atoms with van der Waals surface area (Å²) in [6, 6.07) is 0. The second kappa shape index (κ2) is 6.26. The lowest BCUT2D eigenvalue weighted by atomic mass is 10.2.